The molecule has 13 heavy (non-hydrogen) atoms. The Morgan fingerprint density at radius 2 is 2.31 bits per heavy atom. The molecule has 1 saturated carbocycles. The quantitative estimate of drug-likeness (QED) is 0.708. The van der Waals surface area contributed by atoms with Gasteiger partial charge in [-0.15, -0.1) is 0 Å². The molecule has 3 unspecified atom stereocenters. The molecule has 2 bridgehead atoms. The molecule has 3 atom stereocenters. The molecular formula is C11H22N2. The summed E-state index contributed by atoms with van der Waals surface area (Å²) >= 11 is 0. The molecule has 1 aliphatic carbocycles. The van der Waals surface area contributed by atoms with Crippen LogP contribution in [0.25, 0.3) is 0 Å². The fraction of sp³-hybridized carbons (Fsp3) is 1.00. The van der Waals surface area contributed by atoms with Gasteiger partial charge in [-0.3, -0.25) is 4.90 Å². The van der Waals surface area contributed by atoms with Crippen molar-refractivity contribution in [1.82, 2.24) is 10.2 Å². The Bertz CT molecular complexity index is 169. The van der Waals surface area contributed by atoms with Gasteiger partial charge in [0.15, 0.2) is 0 Å². The summed E-state index contributed by atoms with van der Waals surface area (Å²) in [7, 11) is 2.04. The molecule has 0 amide bonds. The number of rotatable bonds is 4. The van der Waals surface area contributed by atoms with E-state index in [1.165, 1.54) is 32.2 Å². The summed E-state index contributed by atoms with van der Waals surface area (Å²) in [6.45, 7) is 4.93. The number of piperidine rings is 1. The van der Waals surface area contributed by atoms with Crippen LogP contribution in [0.1, 0.15) is 32.6 Å². The molecule has 2 aliphatic rings. The minimum atomic E-state index is 0.794. The fourth-order valence-corrected chi connectivity index (χ4v) is 3.02. The maximum absolute atomic E-state index is 3.24. The van der Waals surface area contributed by atoms with Crippen LogP contribution in [0.3, 0.4) is 0 Å². The lowest BCUT2D eigenvalue weighted by atomic mass is 10.1. The Balaban J connectivity index is 1.80. The standard InChI is InChI=1S/C11H22N2/c1-9(5-6-12-2)13-8-10-3-4-11(13)7-10/h9-12H,3-8H2,1-2H3. The van der Waals surface area contributed by atoms with E-state index in [1.807, 2.05) is 7.05 Å². The summed E-state index contributed by atoms with van der Waals surface area (Å²) < 4.78 is 0. The van der Waals surface area contributed by atoms with Gasteiger partial charge in [0.1, 0.15) is 0 Å². The van der Waals surface area contributed by atoms with Crippen molar-refractivity contribution in [2.24, 2.45) is 5.92 Å². The minimum absolute atomic E-state index is 0.794. The molecule has 0 aromatic heterocycles. The predicted molar refractivity (Wildman–Crippen MR) is 55.8 cm³/mol. The van der Waals surface area contributed by atoms with Crippen LogP contribution < -0.4 is 5.32 Å². The van der Waals surface area contributed by atoms with E-state index in [2.05, 4.69) is 17.1 Å². The Morgan fingerprint density at radius 3 is 2.85 bits per heavy atom. The average Bonchev–Trinajstić information content (AvgIpc) is 2.74. The van der Waals surface area contributed by atoms with E-state index in [9.17, 15) is 0 Å². The van der Waals surface area contributed by atoms with Gasteiger partial charge in [0.25, 0.3) is 0 Å². The van der Waals surface area contributed by atoms with E-state index < -0.39 is 0 Å². The summed E-state index contributed by atoms with van der Waals surface area (Å²) in [6, 6.07) is 1.74. The van der Waals surface area contributed by atoms with Crippen molar-refractivity contribution in [3.63, 3.8) is 0 Å². The minimum Gasteiger partial charge on any atom is -0.320 e. The summed E-state index contributed by atoms with van der Waals surface area (Å²) in [4.78, 5) is 2.74. The number of nitrogens with one attached hydrogen (secondary N) is 1. The molecular weight excluding hydrogens is 160 g/mol. The van der Waals surface area contributed by atoms with E-state index in [1.54, 1.807) is 0 Å². The summed E-state index contributed by atoms with van der Waals surface area (Å²) in [5.74, 6) is 1.04. The van der Waals surface area contributed by atoms with Crippen molar-refractivity contribution in [2.45, 2.75) is 44.7 Å². The van der Waals surface area contributed by atoms with Crippen LogP contribution in [0.4, 0.5) is 0 Å². The van der Waals surface area contributed by atoms with E-state index in [-0.39, 0.29) is 0 Å². The van der Waals surface area contributed by atoms with Crippen LogP contribution in [0.5, 0.6) is 0 Å². The summed E-state index contributed by atoms with van der Waals surface area (Å²) in [5, 5.41) is 3.24. The van der Waals surface area contributed by atoms with Crippen molar-refractivity contribution < 1.29 is 0 Å². The normalized spacial score (nSPS) is 35.5. The average molecular weight is 182 g/mol. The topological polar surface area (TPSA) is 15.3 Å². The van der Waals surface area contributed by atoms with Crippen LogP contribution in [0, 0.1) is 5.92 Å². The van der Waals surface area contributed by atoms with Gasteiger partial charge < -0.3 is 5.32 Å². The number of hydrogen-bond acceptors (Lipinski definition) is 2. The number of nitrogens with zero attached hydrogens (tertiary/aromatic N) is 1. The molecule has 1 N–H and O–H groups in total. The molecule has 76 valence electrons. The first-order valence-electron chi connectivity index (χ1n) is 5.71. The van der Waals surface area contributed by atoms with Crippen LogP contribution in [0.15, 0.2) is 0 Å². The van der Waals surface area contributed by atoms with Crippen molar-refractivity contribution in [3.05, 3.63) is 0 Å². The maximum Gasteiger partial charge on any atom is 0.0101 e. The molecule has 2 heteroatoms. The third-order valence-electron chi connectivity index (χ3n) is 3.83. The molecule has 2 nitrogen and oxygen atoms in total. The molecule has 0 aromatic rings. The van der Waals surface area contributed by atoms with Gasteiger partial charge in [0.2, 0.25) is 0 Å². The monoisotopic (exact) mass is 182 g/mol. The number of likely N-dealkylation sites (tertiary alicyclic amines) is 1. The van der Waals surface area contributed by atoms with Gasteiger partial charge in [-0.2, -0.15) is 0 Å². The van der Waals surface area contributed by atoms with E-state index in [0.29, 0.717) is 0 Å². The highest BCUT2D eigenvalue weighted by atomic mass is 15.2. The third-order valence-corrected chi connectivity index (χ3v) is 3.83. The van der Waals surface area contributed by atoms with Crippen LogP contribution in [-0.2, 0) is 0 Å². The lowest BCUT2D eigenvalue weighted by Crippen LogP contribution is -2.40. The molecule has 1 saturated heterocycles. The highest BCUT2D eigenvalue weighted by Gasteiger charge is 2.39. The molecule has 0 aromatic carbocycles. The molecule has 1 heterocycles. The molecule has 1 aliphatic heterocycles. The smallest absolute Gasteiger partial charge is 0.0101 e. The zero-order valence-corrected chi connectivity index (χ0v) is 8.92. The van der Waals surface area contributed by atoms with Gasteiger partial charge in [-0.25, -0.2) is 0 Å². The third kappa shape index (κ3) is 1.89. The Hall–Kier alpha value is -0.0800. The first-order valence-corrected chi connectivity index (χ1v) is 5.71. The lowest BCUT2D eigenvalue weighted by Gasteiger charge is -2.32. The van der Waals surface area contributed by atoms with Gasteiger partial charge in [-0.05, 0) is 52.1 Å². The van der Waals surface area contributed by atoms with Crippen molar-refractivity contribution in [3.8, 4) is 0 Å². The Labute approximate surface area is 81.7 Å². The molecule has 2 rings (SSSR count). The van der Waals surface area contributed by atoms with Crippen molar-refractivity contribution >= 4 is 0 Å². The first kappa shape index (κ1) is 9.47. The van der Waals surface area contributed by atoms with E-state index in [4.69, 9.17) is 0 Å². The first-order chi connectivity index (χ1) is 6.31. The molecule has 2 fully saturated rings. The van der Waals surface area contributed by atoms with Gasteiger partial charge in [0.05, 0.1) is 0 Å². The van der Waals surface area contributed by atoms with Gasteiger partial charge in [-0.1, -0.05) is 0 Å². The Kier molecular flexibility index (Phi) is 2.89. The van der Waals surface area contributed by atoms with E-state index in [0.717, 1.165) is 24.5 Å². The summed E-state index contributed by atoms with van der Waals surface area (Å²) in [6.07, 6.45) is 5.76. The lowest BCUT2D eigenvalue weighted by molar-refractivity contribution is 0.152. The predicted octanol–water partition coefficient (Wildman–Crippen LogP) is 1.47. The van der Waals surface area contributed by atoms with Gasteiger partial charge >= 0.3 is 0 Å². The SMILES string of the molecule is CNCCC(C)N1CC2CCC1C2. The second-order valence-electron chi connectivity index (χ2n) is 4.77. The molecule has 0 radical (unpaired) electrons. The largest absolute Gasteiger partial charge is 0.320 e. The highest BCUT2D eigenvalue weighted by Crippen LogP contribution is 2.38. The van der Waals surface area contributed by atoms with Gasteiger partial charge in [0, 0.05) is 18.6 Å². The zero-order valence-electron chi connectivity index (χ0n) is 8.92. The second-order valence-corrected chi connectivity index (χ2v) is 4.77. The van der Waals surface area contributed by atoms with Crippen LogP contribution in [0.2, 0.25) is 0 Å². The van der Waals surface area contributed by atoms with Crippen molar-refractivity contribution in [1.29, 1.82) is 0 Å². The van der Waals surface area contributed by atoms with Crippen molar-refractivity contribution in [2.75, 3.05) is 20.1 Å². The second kappa shape index (κ2) is 3.97. The number of fused-ring (bicyclic) bond motifs is 2. The highest BCUT2D eigenvalue weighted by molar-refractivity contribution is 4.94. The fourth-order valence-electron chi connectivity index (χ4n) is 3.02. The summed E-state index contributed by atoms with van der Waals surface area (Å²) in [5.41, 5.74) is 0. The van der Waals surface area contributed by atoms with E-state index >= 15 is 0 Å². The van der Waals surface area contributed by atoms with Crippen LogP contribution >= 0.6 is 0 Å². The Morgan fingerprint density at radius 1 is 1.46 bits per heavy atom. The maximum atomic E-state index is 3.24. The number of hydrogen-bond donors (Lipinski definition) is 1. The zero-order chi connectivity index (χ0) is 9.26. The van der Waals surface area contributed by atoms with Crippen LogP contribution in [-0.4, -0.2) is 37.1 Å². The molecule has 0 spiro atoms.